The Labute approximate surface area is 141 Å². The van der Waals surface area contributed by atoms with E-state index in [2.05, 4.69) is 0 Å². The number of halogens is 2. The molecule has 0 radical (unpaired) electrons. The lowest BCUT2D eigenvalue weighted by atomic mass is 9.75. The second kappa shape index (κ2) is 6.20. The third-order valence-electron chi connectivity index (χ3n) is 6.22. The van der Waals surface area contributed by atoms with Gasteiger partial charge >= 0.3 is 0 Å². The molecule has 0 N–H and O–H groups in total. The molecular weight excluding hydrogens is 316 g/mol. The summed E-state index contributed by atoms with van der Waals surface area (Å²) < 4.78 is 37.6. The summed E-state index contributed by atoms with van der Waals surface area (Å²) in [7, 11) is 0. The average molecular weight is 343 g/mol. The van der Waals surface area contributed by atoms with Gasteiger partial charge in [0.25, 0.3) is 0 Å². The number of ether oxygens (including phenoxy) is 2. The molecule has 24 heavy (non-hydrogen) atoms. The Morgan fingerprint density at radius 2 is 1.83 bits per heavy atom. The van der Waals surface area contributed by atoms with Gasteiger partial charge in [-0.15, -0.1) is 0 Å². The maximum Gasteiger partial charge on any atom is 0.249 e. The van der Waals surface area contributed by atoms with Crippen molar-refractivity contribution in [3.05, 3.63) is 0 Å². The van der Waals surface area contributed by atoms with Crippen LogP contribution in [-0.2, 0) is 14.3 Å². The second-order valence-corrected chi connectivity index (χ2v) is 8.40. The number of hydrogen-bond acceptors (Lipinski definition) is 3. The van der Waals surface area contributed by atoms with Crippen molar-refractivity contribution in [2.24, 2.45) is 17.3 Å². The molecule has 1 amide bonds. The van der Waals surface area contributed by atoms with Crippen molar-refractivity contribution in [1.29, 1.82) is 0 Å². The van der Waals surface area contributed by atoms with Gasteiger partial charge < -0.3 is 14.4 Å². The Morgan fingerprint density at radius 3 is 2.46 bits per heavy atom. The van der Waals surface area contributed by atoms with Crippen molar-refractivity contribution in [3.63, 3.8) is 0 Å². The molecule has 136 valence electrons. The summed E-state index contributed by atoms with van der Waals surface area (Å²) in [6.07, 6.45) is 5.08. The lowest BCUT2D eigenvalue weighted by Crippen LogP contribution is -2.50. The van der Waals surface area contributed by atoms with E-state index in [1.165, 1.54) is 12.8 Å². The summed E-state index contributed by atoms with van der Waals surface area (Å²) in [6, 6.07) is 0. The average Bonchev–Trinajstić information content (AvgIpc) is 3.27. The topological polar surface area (TPSA) is 38.8 Å². The first kappa shape index (κ1) is 16.7. The Balaban J connectivity index is 1.20. The molecule has 1 atom stereocenters. The largest absolute Gasteiger partial charge is 0.378 e. The number of hydrogen-bond donors (Lipinski definition) is 0. The van der Waals surface area contributed by atoms with E-state index in [9.17, 15) is 13.6 Å². The molecule has 4 aliphatic rings. The zero-order chi connectivity index (χ0) is 16.8. The Morgan fingerprint density at radius 1 is 1.12 bits per heavy atom. The Hall–Kier alpha value is -0.750. The smallest absolute Gasteiger partial charge is 0.249 e. The minimum absolute atomic E-state index is 0.0704. The zero-order valence-corrected chi connectivity index (χ0v) is 14.1. The summed E-state index contributed by atoms with van der Waals surface area (Å²) in [5.74, 6) is -2.38. The third-order valence-corrected chi connectivity index (χ3v) is 6.22. The third kappa shape index (κ3) is 3.59. The van der Waals surface area contributed by atoms with E-state index < -0.39 is 11.8 Å². The van der Waals surface area contributed by atoms with Crippen LogP contribution in [0.5, 0.6) is 0 Å². The lowest BCUT2D eigenvalue weighted by Gasteiger charge is -2.42. The number of carbonyl (C=O) groups is 1. The highest BCUT2D eigenvalue weighted by molar-refractivity contribution is 5.80. The lowest BCUT2D eigenvalue weighted by molar-refractivity contribution is -0.161. The van der Waals surface area contributed by atoms with Gasteiger partial charge in [0.2, 0.25) is 11.8 Å². The predicted molar refractivity (Wildman–Crippen MR) is 83.8 cm³/mol. The molecule has 6 heteroatoms. The molecule has 4 rings (SSSR count). The molecule has 0 unspecified atom stereocenters. The van der Waals surface area contributed by atoms with E-state index in [1.54, 1.807) is 4.90 Å². The van der Waals surface area contributed by atoms with Gasteiger partial charge in [0.15, 0.2) is 0 Å². The van der Waals surface area contributed by atoms with E-state index in [4.69, 9.17) is 9.47 Å². The Bertz CT molecular complexity index is 479. The highest BCUT2D eigenvalue weighted by Gasteiger charge is 2.51. The fourth-order valence-electron chi connectivity index (χ4n) is 4.30. The second-order valence-electron chi connectivity index (χ2n) is 8.40. The fourth-order valence-corrected chi connectivity index (χ4v) is 4.30. The fraction of sp³-hybridized carbons (Fsp3) is 0.944. The van der Waals surface area contributed by atoms with E-state index >= 15 is 0 Å². The summed E-state index contributed by atoms with van der Waals surface area (Å²) in [5, 5.41) is 0. The van der Waals surface area contributed by atoms with Crippen molar-refractivity contribution >= 4 is 5.91 Å². The number of carbonyl (C=O) groups excluding carboxylic acids is 1. The molecule has 1 spiro atoms. The molecule has 2 heterocycles. The van der Waals surface area contributed by atoms with Crippen LogP contribution < -0.4 is 0 Å². The monoisotopic (exact) mass is 343 g/mol. The first-order valence-corrected chi connectivity index (χ1v) is 9.31. The number of piperidine rings is 1. The van der Waals surface area contributed by atoms with Crippen molar-refractivity contribution < 1.29 is 23.0 Å². The van der Waals surface area contributed by atoms with Crippen LogP contribution in [-0.4, -0.2) is 55.7 Å². The first-order chi connectivity index (χ1) is 11.4. The van der Waals surface area contributed by atoms with Gasteiger partial charge in [-0.2, -0.15) is 0 Å². The van der Waals surface area contributed by atoms with Gasteiger partial charge in [0.1, 0.15) is 0 Å². The number of likely N-dealkylation sites (tertiary alicyclic amines) is 1. The van der Waals surface area contributed by atoms with Gasteiger partial charge in [-0.1, -0.05) is 0 Å². The maximum atomic E-state index is 13.0. The predicted octanol–water partition coefficient (Wildman–Crippen LogP) is 2.86. The van der Waals surface area contributed by atoms with Crippen LogP contribution in [0.4, 0.5) is 8.78 Å². The van der Waals surface area contributed by atoms with E-state index in [1.807, 2.05) is 0 Å². The highest BCUT2D eigenvalue weighted by atomic mass is 19.3. The number of nitrogens with zero attached hydrogens (tertiary/aromatic N) is 1. The number of rotatable bonds is 5. The van der Waals surface area contributed by atoms with E-state index in [0.717, 1.165) is 38.4 Å². The molecule has 4 nitrogen and oxygen atoms in total. The quantitative estimate of drug-likeness (QED) is 0.770. The SMILES string of the molecule is O=C(C1CC(F)(F)C1)N1CCC2(CC1)CO[C@@H](COCC1CC1)C2. The van der Waals surface area contributed by atoms with Crippen LogP contribution in [0.3, 0.4) is 0 Å². The van der Waals surface area contributed by atoms with Crippen LogP contribution in [0.15, 0.2) is 0 Å². The minimum Gasteiger partial charge on any atom is -0.378 e. The van der Waals surface area contributed by atoms with Gasteiger partial charge in [-0.25, -0.2) is 8.78 Å². The molecule has 2 saturated carbocycles. The maximum absolute atomic E-state index is 13.0. The number of amides is 1. The molecule has 0 aromatic carbocycles. The molecule has 4 fully saturated rings. The highest BCUT2D eigenvalue weighted by Crippen LogP contribution is 2.46. The Kier molecular flexibility index (Phi) is 4.32. The van der Waals surface area contributed by atoms with Gasteiger partial charge in [0.05, 0.1) is 19.3 Å². The van der Waals surface area contributed by atoms with Crippen LogP contribution >= 0.6 is 0 Å². The van der Waals surface area contributed by atoms with E-state index in [0.29, 0.717) is 19.7 Å². The molecule has 2 aliphatic heterocycles. The standard InChI is InChI=1S/C18H27F2NO3/c19-18(20)7-14(8-18)16(22)21-5-3-17(4-6-21)9-15(24-12-17)11-23-10-13-1-2-13/h13-15H,1-12H2/t15-/m1/s1. The van der Waals surface area contributed by atoms with Crippen LogP contribution in [0.25, 0.3) is 0 Å². The van der Waals surface area contributed by atoms with E-state index in [-0.39, 0.29) is 30.3 Å². The van der Waals surface area contributed by atoms with Crippen molar-refractivity contribution in [3.8, 4) is 0 Å². The van der Waals surface area contributed by atoms with Crippen LogP contribution in [0.2, 0.25) is 0 Å². The molecule has 2 saturated heterocycles. The molecule has 0 bridgehead atoms. The summed E-state index contributed by atoms with van der Waals surface area (Å²) in [4.78, 5) is 14.1. The summed E-state index contributed by atoms with van der Waals surface area (Å²) in [5.41, 5.74) is 0.161. The van der Waals surface area contributed by atoms with Crippen molar-refractivity contribution in [1.82, 2.24) is 4.90 Å². The van der Waals surface area contributed by atoms with Gasteiger partial charge in [-0.3, -0.25) is 4.79 Å². The summed E-state index contributed by atoms with van der Waals surface area (Å²) >= 11 is 0. The molecular formula is C18H27F2NO3. The van der Waals surface area contributed by atoms with Crippen molar-refractivity contribution in [2.45, 2.75) is 57.0 Å². The molecule has 2 aliphatic carbocycles. The van der Waals surface area contributed by atoms with Gasteiger partial charge in [0, 0.05) is 38.5 Å². The normalized spacial score (nSPS) is 32.1. The zero-order valence-electron chi connectivity index (χ0n) is 14.1. The van der Waals surface area contributed by atoms with Gasteiger partial charge in [-0.05, 0) is 43.4 Å². The van der Waals surface area contributed by atoms with Crippen molar-refractivity contribution in [2.75, 3.05) is 32.9 Å². The van der Waals surface area contributed by atoms with Crippen LogP contribution in [0, 0.1) is 17.3 Å². The van der Waals surface area contributed by atoms with Crippen LogP contribution in [0.1, 0.15) is 44.9 Å². The number of alkyl halides is 2. The molecule has 0 aromatic heterocycles. The summed E-state index contributed by atoms with van der Waals surface area (Å²) in [6.45, 7) is 3.65. The first-order valence-electron chi connectivity index (χ1n) is 9.31. The molecule has 0 aromatic rings. The minimum atomic E-state index is -2.62.